The summed E-state index contributed by atoms with van der Waals surface area (Å²) in [7, 11) is 0. The number of carbonyl (C=O) groups excluding carboxylic acids is 1. The number of nitro benzene ring substituents is 1. The summed E-state index contributed by atoms with van der Waals surface area (Å²) in [5, 5.41) is 14.5. The third-order valence-electron chi connectivity index (χ3n) is 2.37. The highest BCUT2D eigenvalue weighted by atomic mass is 16.6. The zero-order valence-corrected chi connectivity index (χ0v) is 9.03. The van der Waals surface area contributed by atoms with Gasteiger partial charge in [0.2, 0.25) is 0 Å². The van der Waals surface area contributed by atoms with Crippen LogP contribution in [0.2, 0.25) is 0 Å². The number of aryl methyl sites for hydroxylation is 1. The molecule has 0 saturated carbocycles. The van der Waals surface area contributed by atoms with E-state index in [1.807, 2.05) is 0 Å². The number of benzene rings is 1. The Labute approximate surface area is 96.6 Å². The molecule has 1 aromatic heterocycles. The number of nitro groups is 1. The van der Waals surface area contributed by atoms with Crippen LogP contribution in [0, 0.1) is 17.0 Å². The molecule has 6 heteroatoms. The van der Waals surface area contributed by atoms with Gasteiger partial charge in [0.05, 0.1) is 4.92 Å². The van der Waals surface area contributed by atoms with Crippen molar-refractivity contribution >= 4 is 11.6 Å². The van der Waals surface area contributed by atoms with Crippen LogP contribution in [0.1, 0.15) is 15.9 Å². The van der Waals surface area contributed by atoms with Crippen LogP contribution in [-0.4, -0.2) is 20.6 Å². The summed E-state index contributed by atoms with van der Waals surface area (Å²) in [4.78, 5) is 22.1. The lowest BCUT2D eigenvalue weighted by Crippen LogP contribution is -2.12. The second-order valence-electron chi connectivity index (χ2n) is 3.51. The lowest BCUT2D eigenvalue weighted by Gasteiger charge is -2.02. The molecule has 6 nitrogen and oxygen atoms in total. The van der Waals surface area contributed by atoms with Gasteiger partial charge in [-0.05, 0) is 19.1 Å². The van der Waals surface area contributed by atoms with Crippen molar-refractivity contribution in [2.24, 2.45) is 0 Å². The first-order chi connectivity index (χ1) is 8.09. The van der Waals surface area contributed by atoms with E-state index in [4.69, 9.17) is 0 Å². The van der Waals surface area contributed by atoms with Crippen LogP contribution < -0.4 is 0 Å². The van der Waals surface area contributed by atoms with E-state index in [1.54, 1.807) is 25.1 Å². The smallest absolute Gasteiger partial charge is 0.267 e. The van der Waals surface area contributed by atoms with Gasteiger partial charge in [-0.25, -0.2) is 4.68 Å². The van der Waals surface area contributed by atoms with Gasteiger partial charge in [0.15, 0.2) is 0 Å². The third kappa shape index (κ3) is 2.05. The molecule has 0 saturated heterocycles. The van der Waals surface area contributed by atoms with Gasteiger partial charge in [-0.2, -0.15) is 5.10 Å². The molecule has 0 aliphatic carbocycles. The summed E-state index contributed by atoms with van der Waals surface area (Å²) in [6.07, 6.45) is 2.97. The minimum atomic E-state index is -0.505. The molecule has 1 aromatic carbocycles. The van der Waals surface area contributed by atoms with E-state index in [0.717, 1.165) is 4.68 Å². The van der Waals surface area contributed by atoms with Gasteiger partial charge < -0.3 is 0 Å². The predicted molar refractivity (Wildman–Crippen MR) is 59.8 cm³/mol. The maximum Gasteiger partial charge on any atom is 0.278 e. The van der Waals surface area contributed by atoms with Crippen LogP contribution in [0.25, 0.3) is 0 Å². The molecule has 0 radical (unpaired) electrons. The Hall–Kier alpha value is -2.50. The molecule has 2 aromatic rings. The predicted octanol–water partition coefficient (Wildman–Crippen LogP) is 1.79. The molecule has 2 rings (SSSR count). The molecule has 86 valence electrons. The first-order valence-electron chi connectivity index (χ1n) is 4.89. The van der Waals surface area contributed by atoms with Crippen molar-refractivity contribution in [2.45, 2.75) is 6.92 Å². The van der Waals surface area contributed by atoms with Crippen molar-refractivity contribution < 1.29 is 9.72 Å². The van der Waals surface area contributed by atoms with Gasteiger partial charge in [0.1, 0.15) is 0 Å². The Kier molecular flexibility index (Phi) is 2.70. The molecular formula is C11H9N3O3. The van der Waals surface area contributed by atoms with Crippen LogP contribution in [0.15, 0.2) is 36.7 Å². The number of hydrogen-bond donors (Lipinski definition) is 0. The average molecular weight is 231 g/mol. The molecule has 0 atom stereocenters. The molecule has 0 spiro atoms. The van der Waals surface area contributed by atoms with Crippen LogP contribution in [0.4, 0.5) is 5.69 Å². The molecule has 1 heterocycles. The summed E-state index contributed by atoms with van der Waals surface area (Å²) in [6.45, 7) is 1.63. The molecule has 0 N–H and O–H groups in total. The Morgan fingerprint density at radius 3 is 2.82 bits per heavy atom. The van der Waals surface area contributed by atoms with Crippen LogP contribution in [-0.2, 0) is 0 Å². The monoisotopic (exact) mass is 231 g/mol. The highest BCUT2D eigenvalue weighted by molar-refractivity contribution is 5.96. The molecule has 0 aliphatic heterocycles. The lowest BCUT2D eigenvalue weighted by atomic mass is 10.1. The number of hydrogen-bond acceptors (Lipinski definition) is 4. The number of rotatable bonds is 2. The number of aromatic nitrogens is 2. The van der Waals surface area contributed by atoms with Gasteiger partial charge in [-0.3, -0.25) is 14.9 Å². The summed E-state index contributed by atoms with van der Waals surface area (Å²) in [5.41, 5.74) is 0.695. The van der Waals surface area contributed by atoms with Gasteiger partial charge in [-0.1, -0.05) is 6.07 Å². The minimum Gasteiger partial charge on any atom is -0.267 e. The van der Waals surface area contributed by atoms with Gasteiger partial charge in [0.25, 0.3) is 11.6 Å². The largest absolute Gasteiger partial charge is 0.278 e. The molecule has 0 aliphatic rings. The van der Waals surface area contributed by atoms with Crippen molar-refractivity contribution in [3.63, 3.8) is 0 Å². The molecule has 0 unspecified atom stereocenters. The zero-order valence-electron chi connectivity index (χ0n) is 9.03. The first-order valence-corrected chi connectivity index (χ1v) is 4.89. The van der Waals surface area contributed by atoms with E-state index in [-0.39, 0.29) is 11.3 Å². The summed E-state index contributed by atoms with van der Waals surface area (Å²) < 4.78 is 1.13. The normalized spacial score (nSPS) is 10.2. The van der Waals surface area contributed by atoms with E-state index in [9.17, 15) is 14.9 Å². The quantitative estimate of drug-likeness (QED) is 0.583. The van der Waals surface area contributed by atoms with Gasteiger partial charge in [0, 0.05) is 29.6 Å². The summed E-state index contributed by atoms with van der Waals surface area (Å²) in [6, 6.07) is 5.97. The lowest BCUT2D eigenvalue weighted by molar-refractivity contribution is -0.385. The fraction of sp³-hybridized carbons (Fsp3) is 0.0909. The second kappa shape index (κ2) is 4.17. The maximum atomic E-state index is 11.9. The van der Waals surface area contributed by atoms with Crippen LogP contribution in [0.5, 0.6) is 0 Å². The van der Waals surface area contributed by atoms with E-state index in [0.29, 0.717) is 5.56 Å². The molecular weight excluding hydrogens is 222 g/mol. The van der Waals surface area contributed by atoms with Crippen molar-refractivity contribution in [3.8, 4) is 0 Å². The molecule has 0 fully saturated rings. The van der Waals surface area contributed by atoms with Crippen LogP contribution >= 0.6 is 0 Å². The molecule has 17 heavy (non-hydrogen) atoms. The number of carbonyl (C=O) groups is 1. The van der Waals surface area contributed by atoms with Crippen molar-refractivity contribution in [3.05, 3.63) is 57.9 Å². The Morgan fingerprint density at radius 2 is 2.24 bits per heavy atom. The summed E-state index contributed by atoms with van der Waals surface area (Å²) >= 11 is 0. The minimum absolute atomic E-state index is 0.0667. The number of nitrogens with zero attached hydrogens (tertiary/aromatic N) is 3. The standard InChI is InChI=1S/C11H9N3O3/c1-8-3-4-9(7-10(8)14(16)17)11(15)13-6-2-5-12-13/h2-7H,1H3. The van der Waals surface area contributed by atoms with E-state index in [2.05, 4.69) is 5.10 Å². The molecule has 0 amide bonds. The average Bonchev–Trinajstić information content (AvgIpc) is 2.81. The SMILES string of the molecule is Cc1ccc(C(=O)n2cccn2)cc1[N+](=O)[O-]. The fourth-order valence-corrected chi connectivity index (χ4v) is 1.46. The van der Waals surface area contributed by atoms with E-state index >= 15 is 0 Å². The Balaban J connectivity index is 2.44. The zero-order chi connectivity index (χ0) is 12.4. The second-order valence-corrected chi connectivity index (χ2v) is 3.51. The first kappa shape index (κ1) is 11.0. The van der Waals surface area contributed by atoms with Crippen molar-refractivity contribution in [1.82, 2.24) is 9.78 Å². The van der Waals surface area contributed by atoms with E-state index < -0.39 is 10.8 Å². The Bertz CT molecular complexity index is 576. The fourth-order valence-electron chi connectivity index (χ4n) is 1.46. The maximum absolute atomic E-state index is 11.9. The Morgan fingerprint density at radius 1 is 1.47 bits per heavy atom. The third-order valence-corrected chi connectivity index (χ3v) is 2.37. The van der Waals surface area contributed by atoms with Gasteiger partial charge in [-0.15, -0.1) is 0 Å². The van der Waals surface area contributed by atoms with Gasteiger partial charge >= 0.3 is 0 Å². The van der Waals surface area contributed by atoms with E-state index in [1.165, 1.54) is 18.5 Å². The highest BCUT2D eigenvalue weighted by Gasteiger charge is 2.15. The van der Waals surface area contributed by atoms with Crippen LogP contribution in [0.3, 0.4) is 0 Å². The van der Waals surface area contributed by atoms with Crippen molar-refractivity contribution in [1.29, 1.82) is 0 Å². The summed E-state index contributed by atoms with van der Waals surface area (Å²) in [5.74, 6) is -0.391. The van der Waals surface area contributed by atoms with Crippen molar-refractivity contribution in [2.75, 3.05) is 0 Å². The highest BCUT2D eigenvalue weighted by Crippen LogP contribution is 2.19. The topological polar surface area (TPSA) is 78.0 Å². The molecule has 0 bridgehead atoms.